The fourth-order valence-corrected chi connectivity index (χ4v) is 4.37. The normalized spacial score (nSPS) is 41.4. The fraction of sp³-hybridized carbons (Fsp3) is 1.00. The quantitative estimate of drug-likeness (QED) is 0.393. The molecule has 0 spiro atoms. The van der Waals surface area contributed by atoms with Crippen LogP contribution in [0.3, 0.4) is 0 Å². The first-order valence-electron chi connectivity index (χ1n) is 10.1. The molecule has 11 heteroatoms. The predicted octanol–water partition coefficient (Wildman–Crippen LogP) is -0.163. The van der Waals surface area contributed by atoms with Gasteiger partial charge in [0.25, 0.3) is 0 Å². The molecule has 0 aromatic carbocycles. The molecular weight excluding hydrogens is 416 g/mol. The van der Waals surface area contributed by atoms with Crippen LogP contribution in [0.1, 0.15) is 0 Å². The van der Waals surface area contributed by atoms with Crippen molar-refractivity contribution in [1.82, 2.24) is 0 Å². The third kappa shape index (κ3) is 5.56. The lowest BCUT2D eigenvalue weighted by Gasteiger charge is -2.50. The topological polar surface area (TPSA) is 102 Å². The molecule has 9 atom stereocenters. The summed E-state index contributed by atoms with van der Waals surface area (Å²) in [4.78, 5) is 0. The van der Waals surface area contributed by atoms with E-state index in [0.717, 1.165) is 0 Å². The van der Waals surface area contributed by atoms with Gasteiger partial charge in [0.15, 0.2) is 6.29 Å². The van der Waals surface area contributed by atoms with Crippen LogP contribution in [0.5, 0.6) is 0 Å². The molecular formula is C20H38O11. The Kier molecular flexibility index (Phi) is 11.0. The highest BCUT2D eigenvalue weighted by Crippen LogP contribution is 2.35. The van der Waals surface area contributed by atoms with Gasteiger partial charge < -0.3 is 52.1 Å². The van der Waals surface area contributed by atoms with E-state index in [1.54, 1.807) is 49.8 Å². The molecule has 31 heavy (non-hydrogen) atoms. The number of hydrogen-bond acceptors (Lipinski definition) is 11. The van der Waals surface area contributed by atoms with E-state index in [1.165, 1.54) is 7.11 Å². The molecule has 11 nitrogen and oxygen atoms in total. The van der Waals surface area contributed by atoms with Crippen LogP contribution in [0.4, 0.5) is 0 Å². The van der Waals surface area contributed by atoms with Crippen LogP contribution >= 0.6 is 0 Å². The minimum Gasteiger partial charge on any atom is -0.382 e. The van der Waals surface area contributed by atoms with Gasteiger partial charge in [-0.2, -0.15) is 0 Å². The van der Waals surface area contributed by atoms with E-state index in [4.69, 9.17) is 52.1 Å². The summed E-state index contributed by atoms with van der Waals surface area (Å²) in [5.41, 5.74) is 0. The lowest BCUT2D eigenvalue weighted by atomic mass is 9.95. The lowest BCUT2D eigenvalue weighted by molar-refractivity contribution is -0.379. The summed E-state index contributed by atoms with van der Waals surface area (Å²) in [6.45, 7) is 0.614. The van der Waals surface area contributed by atoms with Crippen molar-refractivity contribution in [3.63, 3.8) is 0 Å². The summed E-state index contributed by atoms with van der Waals surface area (Å²) in [6, 6.07) is 0. The molecule has 0 saturated carbocycles. The Morgan fingerprint density at radius 1 is 0.742 bits per heavy atom. The van der Waals surface area contributed by atoms with E-state index in [1.807, 2.05) is 0 Å². The highest BCUT2D eigenvalue weighted by molar-refractivity contribution is 4.97. The highest BCUT2D eigenvalue weighted by atomic mass is 16.8. The molecule has 0 amide bonds. The van der Waals surface area contributed by atoms with Gasteiger partial charge in [-0.1, -0.05) is 0 Å². The maximum Gasteiger partial charge on any atom is 0.221 e. The molecule has 0 bridgehead atoms. The maximum atomic E-state index is 6.32. The minimum absolute atomic E-state index is 0.159. The molecule has 0 aliphatic carbocycles. The summed E-state index contributed by atoms with van der Waals surface area (Å²) in [6.07, 6.45) is -4.31. The van der Waals surface area contributed by atoms with Gasteiger partial charge in [0.1, 0.15) is 49.3 Å². The number of hydrogen-bond donors (Lipinski definition) is 0. The van der Waals surface area contributed by atoms with Crippen LogP contribution in [0.2, 0.25) is 0 Å². The zero-order valence-electron chi connectivity index (χ0n) is 19.7. The van der Waals surface area contributed by atoms with Crippen molar-refractivity contribution in [1.29, 1.82) is 0 Å². The number of ether oxygens (including phenoxy) is 11. The third-order valence-electron chi connectivity index (χ3n) is 5.85. The molecule has 2 aliphatic rings. The first-order chi connectivity index (χ1) is 15.0. The standard InChI is InChI=1S/C20H38O11/c1-21-9-12-14(23-3)16(25-5)17(26-6)19(30-12)31-13-10-29-20(28-8,11-22-2)18(27-7)15(13)24-4/h12-19H,9-11H2,1-8H3. The van der Waals surface area contributed by atoms with E-state index in [-0.39, 0.29) is 13.2 Å². The second kappa shape index (κ2) is 12.7. The van der Waals surface area contributed by atoms with Crippen molar-refractivity contribution in [2.45, 2.75) is 54.8 Å². The summed E-state index contributed by atoms with van der Waals surface area (Å²) in [5.74, 6) is -1.13. The SMILES string of the molecule is COCC1OC(OC2COC(COC)(OC)C(OC)C2OC)C(OC)C(OC)C1OC. The van der Waals surface area contributed by atoms with Crippen molar-refractivity contribution >= 4 is 0 Å². The minimum atomic E-state index is -1.13. The molecule has 2 heterocycles. The summed E-state index contributed by atoms with van der Waals surface area (Å²) >= 11 is 0. The Morgan fingerprint density at radius 2 is 1.39 bits per heavy atom. The Balaban J connectivity index is 2.25. The summed E-state index contributed by atoms with van der Waals surface area (Å²) < 4.78 is 63.2. The number of methoxy groups -OCH3 is 8. The van der Waals surface area contributed by atoms with Crippen LogP contribution in [0.15, 0.2) is 0 Å². The van der Waals surface area contributed by atoms with Gasteiger partial charge in [0.05, 0.1) is 13.2 Å². The molecule has 2 fully saturated rings. The Morgan fingerprint density at radius 3 is 1.87 bits per heavy atom. The van der Waals surface area contributed by atoms with Gasteiger partial charge in [-0.25, -0.2) is 0 Å². The monoisotopic (exact) mass is 454 g/mol. The Labute approximate surface area is 184 Å². The van der Waals surface area contributed by atoms with Crippen LogP contribution in [-0.4, -0.2) is 132 Å². The molecule has 2 aliphatic heterocycles. The Bertz CT molecular complexity index is 510. The average molecular weight is 455 g/mol. The van der Waals surface area contributed by atoms with Crippen LogP contribution in [-0.2, 0) is 52.1 Å². The van der Waals surface area contributed by atoms with Crippen molar-refractivity contribution in [2.75, 3.05) is 76.7 Å². The predicted molar refractivity (Wildman–Crippen MR) is 107 cm³/mol. The molecule has 0 aromatic heterocycles. The second-order valence-electron chi connectivity index (χ2n) is 7.39. The zero-order valence-corrected chi connectivity index (χ0v) is 19.7. The lowest BCUT2D eigenvalue weighted by Crippen LogP contribution is -2.67. The third-order valence-corrected chi connectivity index (χ3v) is 5.85. The molecule has 2 saturated heterocycles. The smallest absolute Gasteiger partial charge is 0.221 e. The van der Waals surface area contributed by atoms with E-state index >= 15 is 0 Å². The van der Waals surface area contributed by atoms with Crippen molar-refractivity contribution in [3.05, 3.63) is 0 Å². The van der Waals surface area contributed by atoms with E-state index in [2.05, 4.69) is 0 Å². The molecule has 184 valence electrons. The summed E-state index contributed by atoms with van der Waals surface area (Å²) in [5, 5.41) is 0. The van der Waals surface area contributed by atoms with Gasteiger partial charge in [-0.3, -0.25) is 0 Å². The van der Waals surface area contributed by atoms with Crippen LogP contribution < -0.4 is 0 Å². The second-order valence-corrected chi connectivity index (χ2v) is 7.39. The average Bonchev–Trinajstić information content (AvgIpc) is 2.79. The Hall–Kier alpha value is -0.440. The largest absolute Gasteiger partial charge is 0.382 e. The summed E-state index contributed by atoms with van der Waals surface area (Å²) in [7, 11) is 12.6. The van der Waals surface area contributed by atoms with E-state index in [9.17, 15) is 0 Å². The van der Waals surface area contributed by atoms with Crippen molar-refractivity contribution in [3.8, 4) is 0 Å². The first-order valence-corrected chi connectivity index (χ1v) is 10.1. The first kappa shape index (κ1) is 26.8. The van der Waals surface area contributed by atoms with Gasteiger partial charge in [0, 0.05) is 56.9 Å². The van der Waals surface area contributed by atoms with E-state index in [0.29, 0.717) is 6.61 Å². The van der Waals surface area contributed by atoms with Crippen molar-refractivity contribution < 1.29 is 52.1 Å². The van der Waals surface area contributed by atoms with Crippen LogP contribution in [0, 0.1) is 0 Å². The molecule has 0 N–H and O–H groups in total. The fourth-order valence-electron chi connectivity index (χ4n) is 4.37. The molecule has 2 rings (SSSR count). The zero-order chi connectivity index (χ0) is 23.0. The van der Waals surface area contributed by atoms with Gasteiger partial charge in [-0.05, 0) is 0 Å². The van der Waals surface area contributed by atoms with Gasteiger partial charge in [-0.15, -0.1) is 0 Å². The van der Waals surface area contributed by atoms with Crippen LogP contribution in [0.25, 0.3) is 0 Å². The highest BCUT2D eigenvalue weighted by Gasteiger charge is 2.55. The maximum absolute atomic E-state index is 6.32. The molecule has 0 aromatic rings. The van der Waals surface area contributed by atoms with Crippen molar-refractivity contribution in [2.24, 2.45) is 0 Å². The molecule has 9 unspecified atom stereocenters. The number of rotatable bonds is 12. The van der Waals surface area contributed by atoms with E-state index < -0.39 is 54.8 Å². The van der Waals surface area contributed by atoms with Gasteiger partial charge >= 0.3 is 0 Å². The molecule has 0 radical (unpaired) electrons. The van der Waals surface area contributed by atoms with Gasteiger partial charge in [0.2, 0.25) is 5.79 Å².